The number of nitrogens with two attached hydrogens (primary N) is 1. The molecule has 1 saturated heterocycles. The summed E-state index contributed by atoms with van der Waals surface area (Å²) in [7, 11) is -2.62. The van der Waals surface area contributed by atoms with Gasteiger partial charge in [-0.1, -0.05) is 54.1 Å². The molecule has 38 heavy (non-hydrogen) atoms. The molecule has 0 radical (unpaired) electrons. The number of nitrogens with zero attached hydrogens (tertiary/aromatic N) is 2. The number of primary sulfonamides is 1. The predicted octanol–water partition coefficient (Wildman–Crippen LogP) is 4.40. The third-order valence-corrected chi connectivity index (χ3v) is 8.88. The average Bonchev–Trinajstić information content (AvgIpc) is 3.70. The highest BCUT2D eigenvalue weighted by Gasteiger charge is 2.46. The number of carbonyl (C=O) groups is 1. The molecular weight excluding hydrogens is 531 g/mol. The van der Waals surface area contributed by atoms with Crippen LogP contribution in [0.2, 0.25) is 5.02 Å². The number of benzene rings is 2. The number of rotatable bonds is 7. The molecule has 200 valence electrons. The van der Waals surface area contributed by atoms with Crippen molar-refractivity contribution in [2.45, 2.75) is 41.8 Å². The van der Waals surface area contributed by atoms with Crippen molar-refractivity contribution in [1.29, 1.82) is 0 Å². The molecule has 0 bridgehead atoms. The lowest BCUT2D eigenvalue weighted by molar-refractivity contribution is -0.0575. The minimum Gasteiger partial charge on any atom is -0.374 e. The molecule has 0 unspecified atom stereocenters. The number of carbonyl (C=O) groups excluding carboxylic acids is 1. The predicted molar refractivity (Wildman–Crippen MR) is 142 cm³/mol. The van der Waals surface area contributed by atoms with Gasteiger partial charge in [0.25, 0.3) is 15.9 Å². The fourth-order valence-electron chi connectivity index (χ4n) is 5.17. The molecule has 1 amide bonds. The first-order chi connectivity index (χ1) is 18.1. The molecule has 2 fully saturated rings. The molecule has 1 saturated carbocycles. The molecule has 0 spiro atoms. The van der Waals surface area contributed by atoms with Crippen LogP contribution in [0.4, 0.5) is 10.1 Å². The molecule has 2 aliphatic rings. The number of methoxy groups -OCH3 is 1. The van der Waals surface area contributed by atoms with Gasteiger partial charge in [0.2, 0.25) is 0 Å². The van der Waals surface area contributed by atoms with Crippen LogP contribution in [0.25, 0.3) is 0 Å². The van der Waals surface area contributed by atoms with Crippen molar-refractivity contribution in [2.75, 3.05) is 25.5 Å². The first-order valence-electron chi connectivity index (χ1n) is 12.2. The number of pyridine rings is 1. The van der Waals surface area contributed by atoms with Gasteiger partial charge < -0.3 is 15.0 Å². The Labute approximate surface area is 226 Å². The number of aromatic nitrogens is 1. The van der Waals surface area contributed by atoms with Gasteiger partial charge in [-0.15, -0.1) is 0 Å². The summed E-state index contributed by atoms with van der Waals surface area (Å²) in [5, 5.41) is 8.03. The normalized spacial score (nSPS) is 18.2. The lowest BCUT2D eigenvalue weighted by Crippen LogP contribution is -2.46. The fourth-order valence-corrected chi connectivity index (χ4v) is 6.24. The first kappa shape index (κ1) is 26.6. The topological polar surface area (TPSA) is 115 Å². The van der Waals surface area contributed by atoms with E-state index >= 15 is 0 Å². The van der Waals surface area contributed by atoms with Gasteiger partial charge in [0, 0.05) is 26.4 Å². The molecule has 3 N–H and O–H groups in total. The number of nitrogens with one attached hydrogen (secondary N) is 1. The molecule has 11 heteroatoms. The van der Waals surface area contributed by atoms with Crippen LogP contribution >= 0.6 is 11.6 Å². The van der Waals surface area contributed by atoms with Gasteiger partial charge in [-0.2, -0.15) is 0 Å². The zero-order valence-electron chi connectivity index (χ0n) is 20.8. The number of halogens is 2. The maximum absolute atomic E-state index is 13.8. The van der Waals surface area contributed by atoms with Crippen LogP contribution in [-0.4, -0.2) is 44.4 Å². The lowest BCUT2D eigenvalue weighted by Gasteiger charge is -2.41. The number of sulfonamides is 1. The molecule has 1 aromatic heterocycles. The molecule has 1 aliphatic heterocycles. The largest absolute Gasteiger partial charge is 0.374 e. The van der Waals surface area contributed by atoms with Crippen molar-refractivity contribution in [3.05, 3.63) is 88.3 Å². The van der Waals surface area contributed by atoms with Crippen LogP contribution in [0.3, 0.4) is 0 Å². The van der Waals surface area contributed by atoms with Crippen LogP contribution in [0.5, 0.6) is 0 Å². The second kappa shape index (κ2) is 9.92. The van der Waals surface area contributed by atoms with E-state index < -0.39 is 26.2 Å². The lowest BCUT2D eigenvalue weighted by atomic mass is 9.84. The molecule has 8 nitrogen and oxygen atoms in total. The van der Waals surface area contributed by atoms with E-state index in [9.17, 15) is 17.6 Å². The third-order valence-electron chi connectivity index (χ3n) is 7.55. The van der Waals surface area contributed by atoms with E-state index in [1.165, 1.54) is 18.3 Å². The SMILES string of the molecule is COC1(c2ccc(F)cc2)CCN(C(=O)c2cnc(S(N)(=O)=O)c(Cl)c2NC2(c3ccccc3)CC2)CC1. The first-order valence-corrected chi connectivity index (χ1v) is 14.2. The zero-order valence-corrected chi connectivity index (χ0v) is 22.4. The number of amides is 1. The van der Waals surface area contributed by atoms with Gasteiger partial charge in [0.15, 0.2) is 5.03 Å². The number of likely N-dealkylation sites (tertiary alicyclic amines) is 1. The molecule has 2 heterocycles. The number of ether oxygens (including phenoxy) is 1. The second-order valence-electron chi connectivity index (χ2n) is 9.78. The quantitative estimate of drug-likeness (QED) is 0.444. The Balaban J connectivity index is 1.46. The Bertz CT molecular complexity index is 1460. The summed E-state index contributed by atoms with van der Waals surface area (Å²) in [6.07, 6.45) is 3.77. The smallest absolute Gasteiger partial charge is 0.257 e. The Morgan fingerprint density at radius 2 is 1.68 bits per heavy atom. The highest BCUT2D eigenvalue weighted by molar-refractivity contribution is 7.89. The van der Waals surface area contributed by atoms with E-state index in [1.807, 2.05) is 30.3 Å². The Hall–Kier alpha value is -3.05. The Morgan fingerprint density at radius 3 is 2.24 bits per heavy atom. The summed E-state index contributed by atoms with van der Waals surface area (Å²) >= 11 is 6.56. The summed E-state index contributed by atoms with van der Waals surface area (Å²) in [6.45, 7) is 0.726. The van der Waals surface area contributed by atoms with E-state index in [2.05, 4.69) is 10.3 Å². The standard InChI is InChI=1S/C27H28ClFN4O4S/c1-37-27(19-7-9-20(29)10-8-19)13-15-33(16-14-27)25(34)21-17-31-24(38(30,35)36)22(28)23(21)32-26(11-12-26)18-5-3-2-4-6-18/h2-10,17H,11-16H2,1H3,(H,31,32)(H2,30,35,36). The van der Waals surface area contributed by atoms with Crippen molar-refractivity contribution >= 4 is 33.2 Å². The van der Waals surface area contributed by atoms with Gasteiger partial charge in [0.1, 0.15) is 10.8 Å². The summed E-state index contributed by atoms with van der Waals surface area (Å²) in [5.74, 6) is -0.667. The molecule has 1 aliphatic carbocycles. The van der Waals surface area contributed by atoms with Crippen LogP contribution in [0.15, 0.2) is 65.8 Å². The summed E-state index contributed by atoms with van der Waals surface area (Å²) < 4.78 is 43.7. The van der Waals surface area contributed by atoms with E-state index in [-0.39, 0.29) is 28.0 Å². The van der Waals surface area contributed by atoms with E-state index in [0.717, 1.165) is 24.0 Å². The minimum absolute atomic E-state index is 0.163. The number of piperidine rings is 1. The van der Waals surface area contributed by atoms with Crippen molar-refractivity contribution in [3.8, 4) is 0 Å². The van der Waals surface area contributed by atoms with Crippen LogP contribution in [-0.2, 0) is 25.9 Å². The van der Waals surface area contributed by atoms with Crippen molar-refractivity contribution in [1.82, 2.24) is 9.88 Å². The summed E-state index contributed by atoms with van der Waals surface area (Å²) in [4.78, 5) is 19.4. The van der Waals surface area contributed by atoms with E-state index in [1.54, 1.807) is 24.1 Å². The average molecular weight is 559 g/mol. The van der Waals surface area contributed by atoms with Gasteiger partial charge in [-0.25, -0.2) is 22.9 Å². The maximum atomic E-state index is 13.8. The Morgan fingerprint density at radius 1 is 1.05 bits per heavy atom. The second-order valence-corrected chi connectivity index (χ2v) is 11.6. The van der Waals surface area contributed by atoms with Crippen molar-refractivity contribution < 1.29 is 22.3 Å². The summed E-state index contributed by atoms with van der Waals surface area (Å²) in [5.41, 5.74) is 1.08. The molecule has 5 rings (SSSR count). The van der Waals surface area contributed by atoms with E-state index in [0.29, 0.717) is 25.9 Å². The Kier molecular flexibility index (Phi) is 6.93. The van der Waals surface area contributed by atoms with Gasteiger partial charge in [-0.05, 0) is 48.9 Å². The molecule has 0 atom stereocenters. The highest BCUT2D eigenvalue weighted by atomic mass is 35.5. The summed E-state index contributed by atoms with van der Waals surface area (Å²) in [6, 6.07) is 15.9. The van der Waals surface area contributed by atoms with Crippen molar-refractivity contribution in [2.24, 2.45) is 5.14 Å². The molecular formula is C27H28ClFN4O4S. The van der Waals surface area contributed by atoms with Crippen LogP contribution in [0, 0.1) is 5.82 Å². The van der Waals surface area contributed by atoms with Crippen molar-refractivity contribution in [3.63, 3.8) is 0 Å². The highest BCUT2D eigenvalue weighted by Crippen LogP contribution is 2.50. The maximum Gasteiger partial charge on any atom is 0.257 e. The van der Waals surface area contributed by atoms with Crippen LogP contribution in [0.1, 0.15) is 47.2 Å². The van der Waals surface area contributed by atoms with Crippen LogP contribution < -0.4 is 10.5 Å². The minimum atomic E-state index is -4.23. The van der Waals surface area contributed by atoms with Gasteiger partial charge in [-0.3, -0.25) is 4.79 Å². The number of anilines is 1. The zero-order chi connectivity index (χ0) is 27.1. The van der Waals surface area contributed by atoms with E-state index in [4.69, 9.17) is 21.5 Å². The number of hydrogen-bond donors (Lipinski definition) is 2. The van der Waals surface area contributed by atoms with Gasteiger partial charge in [0.05, 0.1) is 22.4 Å². The monoisotopic (exact) mass is 558 g/mol. The molecule has 3 aromatic rings. The molecule has 2 aromatic carbocycles. The third kappa shape index (κ3) is 4.89. The van der Waals surface area contributed by atoms with Gasteiger partial charge >= 0.3 is 0 Å². The fraction of sp³-hybridized carbons (Fsp3) is 0.333. The number of hydrogen-bond acceptors (Lipinski definition) is 6.